The molecule has 5 heteroatoms. The third kappa shape index (κ3) is 3.18. The van der Waals surface area contributed by atoms with E-state index in [-0.39, 0.29) is 23.5 Å². The Morgan fingerprint density at radius 1 is 1.47 bits per heavy atom. The molecule has 0 aromatic heterocycles. The van der Waals surface area contributed by atoms with Crippen LogP contribution in [0.2, 0.25) is 0 Å². The predicted molar refractivity (Wildman–Crippen MR) is 79.9 cm³/mol. The normalized spacial score (nSPS) is 17.4. The molecule has 0 bridgehead atoms. The van der Waals surface area contributed by atoms with E-state index in [9.17, 15) is 9.59 Å². The van der Waals surface area contributed by atoms with Crippen LogP contribution in [-0.4, -0.2) is 24.1 Å². The monoisotopic (exact) mass is 343 g/mol. The molecule has 0 aliphatic carbocycles. The molecule has 102 valence electrons. The maximum Gasteiger partial charge on any atom is 0.223 e. The molecule has 1 unspecified atom stereocenters. The average Bonchev–Trinajstić information content (AvgIpc) is 2.74. The Morgan fingerprint density at radius 3 is 2.84 bits per heavy atom. The maximum absolute atomic E-state index is 11.7. The Balaban J connectivity index is 2.22. The Bertz CT molecular complexity index is 518. The topological polar surface area (TPSA) is 37.4 Å². The van der Waals surface area contributed by atoms with Gasteiger partial charge in [0.15, 0.2) is 0 Å². The van der Waals surface area contributed by atoms with Crippen molar-refractivity contribution in [2.24, 2.45) is 0 Å². The summed E-state index contributed by atoms with van der Waals surface area (Å²) in [5.41, 5.74) is 2.09. The summed E-state index contributed by atoms with van der Waals surface area (Å²) in [6, 6.07) is 5.92. The molecule has 3 nitrogen and oxygen atoms in total. The standard InChI is InChI=1S/C14H15BrClNO2/c1-9(18)17-8-10(2-4-12(19)7-16)13-6-11(15)3-5-14(13)17/h3,5-6,10H,2,4,7-8H2,1H3. The summed E-state index contributed by atoms with van der Waals surface area (Å²) in [5.74, 6) is 0.367. The van der Waals surface area contributed by atoms with Crippen LogP contribution in [0.3, 0.4) is 0 Å². The van der Waals surface area contributed by atoms with Crippen molar-refractivity contribution < 1.29 is 9.59 Å². The molecule has 0 saturated heterocycles. The number of nitrogens with zero attached hydrogens (tertiary/aromatic N) is 1. The Morgan fingerprint density at radius 2 is 2.21 bits per heavy atom. The lowest BCUT2D eigenvalue weighted by molar-refractivity contribution is -0.117. The molecule has 1 atom stereocenters. The zero-order valence-electron chi connectivity index (χ0n) is 10.7. The average molecular weight is 345 g/mol. The fourth-order valence-corrected chi connectivity index (χ4v) is 2.97. The Kier molecular flexibility index (Phi) is 4.63. The molecule has 0 fully saturated rings. The largest absolute Gasteiger partial charge is 0.312 e. The molecule has 2 rings (SSSR count). The van der Waals surface area contributed by atoms with Crippen molar-refractivity contribution >= 4 is 44.9 Å². The number of halogens is 2. The van der Waals surface area contributed by atoms with Gasteiger partial charge in [-0.25, -0.2) is 0 Å². The van der Waals surface area contributed by atoms with E-state index in [1.54, 1.807) is 11.8 Å². The summed E-state index contributed by atoms with van der Waals surface area (Å²) in [7, 11) is 0. The van der Waals surface area contributed by atoms with Crippen molar-refractivity contribution in [3.63, 3.8) is 0 Å². The molecule has 1 heterocycles. The molecule has 0 radical (unpaired) electrons. The fraction of sp³-hybridized carbons (Fsp3) is 0.429. The van der Waals surface area contributed by atoms with Crippen LogP contribution < -0.4 is 4.90 Å². The second-order valence-electron chi connectivity index (χ2n) is 4.74. The number of fused-ring (bicyclic) bond motifs is 1. The Labute approximate surface area is 126 Å². The first-order chi connectivity index (χ1) is 9.02. The Hall–Kier alpha value is -0.870. The number of amides is 1. The lowest BCUT2D eigenvalue weighted by atomic mass is 9.95. The number of anilines is 1. The zero-order valence-corrected chi connectivity index (χ0v) is 13.0. The van der Waals surface area contributed by atoms with Crippen molar-refractivity contribution in [2.45, 2.75) is 25.7 Å². The van der Waals surface area contributed by atoms with Crippen LogP contribution in [0.5, 0.6) is 0 Å². The van der Waals surface area contributed by atoms with Gasteiger partial charge in [-0.15, -0.1) is 11.6 Å². The summed E-state index contributed by atoms with van der Waals surface area (Å²) >= 11 is 8.97. The summed E-state index contributed by atoms with van der Waals surface area (Å²) in [6.45, 7) is 2.22. The molecule has 1 aromatic carbocycles. The van der Waals surface area contributed by atoms with Crippen LogP contribution in [-0.2, 0) is 9.59 Å². The van der Waals surface area contributed by atoms with Gasteiger partial charge in [-0.1, -0.05) is 15.9 Å². The van der Waals surface area contributed by atoms with Gasteiger partial charge in [0.05, 0.1) is 5.88 Å². The highest BCUT2D eigenvalue weighted by atomic mass is 79.9. The molecule has 0 spiro atoms. The van der Waals surface area contributed by atoms with Crippen molar-refractivity contribution in [2.75, 3.05) is 17.3 Å². The highest BCUT2D eigenvalue weighted by molar-refractivity contribution is 9.10. The van der Waals surface area contributed by atoms with E-state index in [4.69, 9.17) is 11.6 Å². The molecule has 0 N–H and O–H groups in total. The number of rotatable bonds is 4. The summed E-state index contributed by atoms with van der Waals surface area (Å²) in [4.78, 5) is 24.8. The minimum atomic E-state index is 0.0368. The van der Waals surface area contributed by atoms with Crippen LogP contribution >= 0.6 is 27.5 Å². The first-order valence-corrected chi connectivity index (χ1v) is 7.51. The first kappa shape index (κ1) is 14.5. The van der Waals surface area contributed by atoms with Crippen molar-refractivity contribution in [3.8, 4) is 0 Å². The van der Waals surface area contributed by atoms with E-state index in [2.05, 4.69) is 15.9 Å². The predicted octanol–water partition coefficient (Wildman–Crippen LogP) is 3.49. The van der Waals surface area contributed by atoms with E-state index in [1.807, 2.05) is 18.2 Å². The highest BCUT2D eigenvalue weighted by Gasteiger charge is 2.30. The third-order valence-electron chi connectivity index (χ3n) is 3.42. The second-order valence-corrected chi connectivity index (χ2v) is 5.92. The van der Waals surface area contributed by atoms with Gasteiger partial charge in [-0.05, 0) is 30.2 Å². The minimum absolute atomic E-state index is 0.0368. The van der Waals surface area contributed by atoms with Gasteiger partial charge in [-0.3, -0.25) is 9.59 Å². The van der Waals surface area contributed by atoms with Gasteiger partial charge < -0.3 is 4.90 Å². The van der Waals surface area contributed by atoms with Crippen LogP contribution in [0, 0.1) is 0 Å². The molecular weight excluding hydrogens is 330 g/mol. The SMILES string of the molecule is CC(=O)N1CC(CCC(=O)CCl)c2cc(Br)ccc21. The molecule has 19 heavy (non-hydrogen) atoms. The van der Waals surface area contributed by atoms with E-state index < -0.39 is 0 Å². The van der Waals surface area contributed by atoms with Gasteiger partial charge >= 0.3 is 0 Å². The van der Waals surface area contributed by atoms with Gasteiger partial charge in [0.25, 0.3) is 0 Å². The molecular formula is C14H15BrClNO2. The van der Waals surface area contributed by atoms with Gasteiger partial charge in [0.2, 0.25) is 5.91 Å². The molecule has 0 saturated carbocycles. The van der Waals surface area contributed by atoms with E-state index in [1.165, 1.54) is 0 Å². The van der Waals surface area contributed by atoms with Crippen molar-refractivity contribution in [3.05, 3.63) is 28.2 Å². The van der Waals surface area contributed by atoms with Crippen LogP contribution in [0.1, 0.15) is 31.2 Å². The highest BCUT2D eigenvalue weighted by Crippen LogP contribution is 2.40. The van der Waals surface area contributed by atoms with Gasteiger partial charge in [0.1, 0.15) is 5.78 Å². The zero-order chi connectivity index (χ0) is 14.0. The number of hydrogen-bond donors (Lipinski definition) is 0. The van der Waals surface area contributed by atoms with E-state index in [0.717, 1.165) is 22.1 Å². The number of carbonyl (C=O) groups is 2. The number of benzene rings is 1. The summed E-state index contributed by atoms with van der Waals surface area (Å²) in [6.07, 6.45) is 1.20. The minimum Gasteiger partial charge on any atom is -0.312 e. The van der Waals surface area contributed by atoms with Gasteiger partial charge in [0, 0.05) is 36.0 Å². The van der Waals surface area contributed by atoms with Crippen LogP contribution in [0.4, 0.5) is 5.69 Å². The molecule has 1 aliphatic rings. The second kappa shape index (κ2) is 6.06. The van der Waals surface area contributed by atoms with Crippen molar-refractivity contribution in [1.82, 2.24) is 0 Å². The van der Waals surface area contributed by atoms with E-state index >= 15 is 0 Å². The lowest BCUT2D eigenvalue weighted by Gasteiger charge is -2.15. The van der Waals surface area contributed by atoms with Gasteiger partial charge in [-0.2, -0.15) is 0 Å². The fourth-order valence-electron chi connectivity index (χ4n) is 2.46. The van der Waals surface area contributed by atoms with E-state index in [0.29, 0.717) is 13.0 Å². The molecule has 1 aliphatic heterocycles. The number of hydrogen-bond acceptors (Lipinski definition) is 2. The van der Waals surface area contributed by atoms with Crippen LogP contribution in [0.15, 0.2) is 22.7 Å². The number of ketones is 1. The summed E-state index contributed by atoms with van der Waals surface area (Å²) < 4.78 is 0.991. The lowest BCUT2D eigenvalue weighted by Crippen LogP contribution is -2.27. The quantitative estimate of drug-likeness (QED) is 0.784. The summed E-state index contributed by atoms with van der Waals surface area (Å²) in [5, 5.41) is 0. The number of carbonyl (C=O) groups excluding carboxylic acids is 2. The smallest absolute Gasteiger partial charge is 0.223 e. The molecule has 1 amide bonds. The van der Waals surface area contributed by atoms with Crippen molar-refractivity contribution in [1.29, 1.82) is 0 Å². The third-order valence-corrected chi connectivity index (χ3v) is 4.22. The first-order valence-electron chi connectivity index (χ1n) is 6.18. The number of alkyl halides is 1. The molecule has 1 aromatic rings. The maximum atomic E-state index is 11.7. The van der Waals surface area contributed by atoms with Crippen LogP contribution in [0.25, 0.3) is 0 Å². The number of Topliss-reactive ketones (excluding diaryl/α,β-unsaturated/α-hetero) is 1.